The molecule has 0 spiro atoms. The summed E-state index contributed by atoms with van der Waals surface area (Å²) in [5.41, 5.74) is 3.33. The smallest absolute Gasteiger partial charge is 0.0597 e. The van der Waals surface area contributed by atoms with E-state index in [1.54, 1.807) is 0 Å². The van der Waals surface area contributed by atoms with Crippen LogP contribution in [0.1, 0.15) is 19.0 Å². The number of nitrogens with one attached hydrogen (secondary N) is 1. The van der Waals surface area contributed by atoms with Crippen molar-refractivity contribution in [3.8, 4) is 0 Å². The van der Waals surface area contributed by atoms with E-state index in [4.69, 9.17) is 11.6 Å². The number of aromatic nitrogens is 2. The van der Waals surface area contributed by atoms with Crippen LogP contribution in [0.5, 0.6) is 0 Å². The minimum Gasteiger partial charge on any atom is -0.378 e. The average molecular weight is 293 g/mol. The van der Waals surface area contributed by atoms with Crippen LogP contribution < -0.4 is 10.2 Å². The zero-order chi connectivity index (χ0) is 14.5. The molecule has 0 fully saturated rings. The number of rotatable bonds is 6. The maximum absolute atomic E-state index is 6.09. The number of halogens is 1. The van der Waals surface area contributed by atoms with E-state index in [9.17, 15) is 0 Å². The molecule has 5 heteroatoms. The van der Waals surface area contributed by atoms with E-state index in [0.29, 0.717) is 0 Å². The molecular weight excluding hydrogens is 272 g/mol. The molecule has 1 aromatic carbocycles. The van der Waals surface area contributed by atoms with Crippen molar-refractivity contribution in [2.75, 3.05) is 24.3 Å². The predicted octanol–water partition coefficient (Wildman–Crippen LogP) is 3.62. The van der Waals surface area contributed by atoms with E-state index in [-0.39, 0.29) is 0 Å². The fraction of sp³-hybridized carbons (Fsp3) is 0.400. The summed E-state index contributed by atoms with van der Waals surface area (Å²) in [7, 11) is 4.05. The molecular formula is C15H21ClN4. The number of hydrogen-bond acceptors (Lipinski definition) is 3. The topological polar surface area (TPSA) is 33.1 Å². The summed E-state index contributed by atoms with van der Waals surface area (Å²) in [4.78, 5) is 2.07. The Hall–Kier alpha value is -1.68. The molecule has 0 bridgehead atoms. The van der Waals surface area contributed by atoms with Gasteiger partial charge in [0.15, 0.2) is 0 Å². The molecule has 0 aliphatic heterocycles. The third kappa shape index (κ3) is 3.45. The van der Waals surface area contributed by atoms with Gasteiger partial charge in [0, 0.05) is 31.9 Å². The molecule has 4 nitrogen and oxygen atoms in total. The molecule has 1 N–H and O–H groups in total. The van der Waals surface area contributed by atoms with E-state index in [1.165, 1.54) is 5.69 Å². The van der Waals surface area contributed by atoms with Crippen LogP contribution in [0.2, 0.25) is 5.02 Å². The van der Waals surface area contributed by atoms with Crippen molar-refractivity contribution in [3.63, 3.8) is 0 Å². The van der Waals surface area contributed by atoms with Gasteiger partial charge in [-0.3, -0.25) is 4.68 Å². The Bertz CT molecular complexity index is 563. The van der Waals surface area contributed by atoms with E-state index in [0.717, 1.165) is 35.9 Å². The Kier molecular flexibility index (Phi) is 4.90. The summed E-state index contributed by atoms with van der Waals surface area (Å²) in [6.45, 7) is 3.83. The molecule has 20 heavy (non-hydrogen) atoms. The van der Waals surface area contributed by atoms with Gasteiger partial charge in [-0.15, -0.1) is 0 Å². The molecule has 1 heterocycles. The fourth-order valence-corrected chi connectivity index (χ4v) is 2.32. The first kappa shape index (κ1) is 14.7. The third-order valence-electron chi connectivity index (χ3n) is 3.14. The van der Waals surface area contributed by atoms with E-state index in [2.05, 4.69) is 22.2 Å². The Morgan fingerprint density at radius 2 is 2.10 bits per heavy atom. The van der Waals surface area contributed by atoms with Crippen LogP contribution >= 0.6 is 11.6 Å². The van der Waals surface area contributed by atoms with Crippen molar-refractivity contribution in [1.82, 2.24) is 9.78 Å². The lowest BCUT2D eigenvalue weighted by molar-refractivity contribution is 0.578. The molecule has 0 aliphatic carbocycles. The lowest BCUT2D eigenvalue weighted by atomic mass is 10.2. The predicted molar refractivity (Wildman–Crippen MR) is 85.6 cm³/mol. The van der Waals surface area contributed by atoms with Crippen LogP contribution in [-0.4, -0.2) is 23.9 Å². The molecule has 0 atom stereocenters. The maximum atomic E-state index is 6.09. The van der Waals surface area contributed by atoms with Gasteiger partial charge >= 0.3 is 0 Å². The molecule has 0 saturated heterocycles. The van der Waals surface area contributed by atoms with Gasteiger partial charge in [0.25, 0.3) is 0 Å². The summed E-state index contributed by atoms with van der Waals surface area (Å²) >= 11 is 6.09. The number of aryl methyl sites for hydroxylation is 1. The van der Waals surface area contributed by atoms with Crippen LogP contribution in [0.4, 0.5) is 11.4 Å². The van der Waals surface area contributed by atoms with Crippen molar-refractivity contribution >= 4 is 23.0 Å². The summed E-state index contributed by atoms with van der Waals surface area (Å²) in [6.07, 6.45) is 2.92. The SMILES string of the molecule is CCCn1nccc1CNc1cc(Cl)ccc1N(C)C. The van der Waals surface area contributed by atoms with Crippen molar-refractivity contribution in [2.45, 2.75) is 26.4 Å². The highest BCUT2D eigenvalue weighted by Crippen LogP contribution is 2.28. The monoisotopic (exact) mass is 292 g/mol. The van der Waals surface area contributed by atoms with Crippen LogP contribution in [0.3, 0.4) is 0 Å². The highest BCUT2D eigenvalue weighted by molar-refractivity contribution is 6.31. The lowest BCUT2D eigenvalue weighted by Crippen LogP contribution is -2.13. The first-order chi connectivity index (χ1) is 9.61. The molecule has 108 valence electrons. The summed E-state index contributed by atoms with van der Waals surface area (Å²) < 4.78 is 2.03. The van der Waals surface area contributed by atoms with Gasteiger partial charge in [-0.1, -0.05) is 18.5 Å². The van der Waals surface area contributed by atoms with Crippen LogP contribution in [0.25, 0.3) is 0 Å². The minimum absolute atomic E-state index is 0.736. The van der Waals surface area contributed by atoms with E-state index < -0.39 is 0 Å². The van der Waals surface area contributed by atoms with Crippen molar-refractivity contribution < 1.29 is 0 Å². The van der Waals surface area contributed by atoms with Gasteiger partial charge < -0.3 is 10.2 Å². The van der Waals surface area contributed by atoms with E-state index in [1.807, 2.05) is 49.2 Å². The normalized spacial score (nSPS) is 10.6. The molecule has 2 rings (SSSR count). The fourth-order valence-electron chi connectivity index (χ4n) is 2.15. The summed E-state index contributed by atoms with van der Waals surface area (Å²) in [5, 5.41) is 8.52. The van der Waals surface area contributed by atoms with Crippen LogP contribution in [-0.2, 0) is 13.1 Å². The van der Waals surface area contributed by atoms with Gasteiger partial charge in [-0.2, -0.15) is 5.10 Å². The minimum atomic E-state index is 0.736. The average Bonchev–Trinajstić information content (AvgIpc) is 2.84. The number of nitrogens with zero attached hydrogens (tertiary/aromatic N) is 3. The molecule has 0 radical (unpaired) electrons. The molecule has 0 saturated carbocycles. The van der Waals surface area contributed by atoms with Gasteiger partial charge in [-0.05, 0) is 30.7 Å². The van der Waals surface area contributed by atoms with Gasteiger partial charge in [0.2, 0.25) is 0 Å². The van der Waals surface area contributed by atoms with Gasteiger partial charge in [-0.25, -0.2) is 0 Å². The summed E-state index contributed by atoms with van der Waals surface area (Å²) in [5.74, 6) is 0. The van der Waals surface area contributed by atoms with E-state index >= 15 is 0 Å². The number of hydrogen-bond donors (Lipinski definition) is 1. The molecule has 0 unspecified atom stereocenters. The standard InChI is InChI=1S/C15H21ClN4/c1-4-9-20-13(7-8-18-20)11-17-14-10-12(16)5-6-15(14)19(2)3/h5-8,10,17H,4,9,11H2,1-3H3. The molecule has 0 aliphatic rings. The molecule has 1 aromatic heterocycles. The maximum Gasteiger partial charge on any atom is 0.0597 e. The Morgan fingerprint density at radius 1 is 1.30 bits per heavy atom. The van der Waals surface area contributed by atoms with Crippen LogP contribution in [0.15, 0.2) is 30.5 Å². The largest absolute Gasteiger partial charge is 0.378 e. The molecule has 0 amide bonds. The van der Waals surface area contributed by atoms with Crippen molar-refractivity contribution in [1.29, 1.82) is 0 Å². The summed E-state index contributed by atoms with van der Waals surface area (Å²) in [6, 6.07) is 7.93. The second-order valence-corrected chi connectivity index (χ2v) is 5.39. The second kappa shape index (κ2) is 6.66. The van der Waals surface area contributed by atoms with Gasteiger partial charge in [0.1, 0.15) is 0 Å². The first-order valence-corrected chi connectivity index (χ1v) is 7.21. The highest BCUT2D eigenvalue weighted by atomic mass is 35.5. The van der Waals surface area contributed by atoms with Crippen molar-refractivity contribution in [2.24, 2.45) is 0 Å². The zero-order valence-corrected chi connectivity index (χ0v) is 13.0. The second-order valence-electron chi connectivity index (χ2n) is 4.96. The lowest BCUT2D eigenvalue weighted by Gasteiger charge is -2.19. The Labute approximate surface area is 125 Å². The third-order valence-corrected chi connectivity index (χ3v) is 3.38. The van der Waals surface area contributed by atoms with Gasteiger partial charge in [0.05, 0.1) is 23.6 Å². The highest BCUT2D eigenvalue weighted by Gasteiger charge is 2.07. The Morgan fingerprint density at radius 3 is 2.80 bits per heavy atom. The number of benzene rings is 1. The zero-order valence-electron chi connectivity index (χ0n) is 12.2. The Balaban J connectivity index is 2.14. The van der Waals surface area contributed by atoms with Crippen LogP contribution in [0, 0.1) is 0 Å². The number of anilines is 2. The first-order valence-electron chi connectivity index (χ1n) is 6.83. The molecule has 2 aromatic rings. The quantitative estimate of drug-likeness (QED) is 0.883. The van der Waals surface area contributed by atoms with Crippen molar-refractivity contribution in [3.05, 3.63) is 41.2 Å².